The maximum absolute atomic E-state index is 12.9. The third kappa shape index (κ3) is 2.49. The van der Waals surface area contributed by atoms with Crippen LogP contribution in [0.1, 0.15) is 51.9 Å². The summed E-state index contributed by atoms with van der Waals surface area (Å²) in [7, 11) is 2.05. The molecule has 0 spiro atoms. The van der Waals surface area contributed by atoms with Gasteiger partial charge in [0.25, 0.3) is 0 Å². The quantitative estimate of drug-likeness (QED) is 0.838. The molecule has 0 radical (unpaired) electrons. The molecule has 3 aliphatic rings. The van der Waals surface area contributed by atoms with E-state index in [1.54, 1.807) is 0 Å². The molecular formula is C17H30N2O. The van der Waals surface area contributed by atoms with Crippen LogP contribution in [0.15, 0.2) is 0 Å². The van der Waals surface area contributed by atoms with Gasteiger partial charge in [-0.15, -0.1) is 0 Å². The van der Waals surface area contributed by atoms with E-state index in [9.17, 15) is 4.79 Å². The van der Waals surface area contributed by atoms with Gasteiger partial charge in [-0.25, -0.2) is 0 Å². The highest BCUT2D eigenvalue weighted by Crippen LogP contribution is 2.48. The smallest absolute Gasteiger partial charge is 0.229 e. The van der Waals surface area contributed by atoms with Crippen LogP contribution >= 0.6 is 0 Å². The van der Waals surface area contributed by atoms with Crippen LogP contribution in [-0.2, 0) is 4.79 Å². The second-order valence-corrected chi connectivity index (χ2v) is 7.58. The van der Waals surface area contributed by atoms with E-state index in [1.807, 2.05) is 7.05 Å². The maximum atomic E-state index is 12.9. The van der Waals surface area contributed by atoms with Crippen LogP contribution in [0.4, 0.5) is 0 Å². The molecule has 3 fully saturated rings. The Hall–Kier alpha value is -0.570. The van der Waals surface area contributed by atoms with Gasteiger partial charge in [0.2, 0.25) is 5.91 Å². The lowest BCUT2D eigenvalue weighted by Gasteiger charge is -2.34. The number of carbonyl (C=O) groups excluding carboxylic acids is 1. The Morgan fingerprint density at radius 1 is 1.35 bits per heavy atom. The molecule has 4 unspecified atom stereocenters. The van der Waals surface area contributed by atoms with Crippen molar-refractivity contribution in [2.75, 3.05) is 26.7 Å². The first-order valence-corrected chi connectivity index (χ1v) is 8.61. The molecule has 1 aliphatic heterocycles. The van der Waals surface area contributed by atoms with Crippen LogP contribution in [0.2, 0.25) is 0 Å². The van der Waals surface area contributed by atoms with Crippen LogP contribution in [0, 0.1) is 23.2 Å². The molecule has 114 valence electrons. The molecule has 20 heavy (non-hydrogen) atoms. The number of carbonyl (C=O) groups is 1. The lowest BCUT2D eigenvalue weighted by Crippen LogP contribution is -2.45. The van der Waals surface area contributed by atoms with Crippen LogP contribution in [-0.4, -0.2) is 37.5 Å². The molecule has 2 saturated carbocycles. The van der Waals surface area contributed by atoms with E-state index >= 15 is 0 Å². The van der Waals surface area contributed by atoms with E-state index in [0.717, 1.165) is 56.7 Å². The van der Waals surface area contributed by atoms with Gasteiger partial charge >= 0.3 is 0 Å². The fourth-order valence-electron chi connectivity index (χ4n) is 5.16. The van der Waals surface area contributed by atoms with Crippen LogP contribution in [0.5, 0.6) is 0 Å². The fraction of sp³-hybridized carbons (Fsp3) is 0.941. The first-order valence-electron chi connectivity index (χ1n) is 8.61. The van der Waals surface area contributed by atoms with Crippen molar-refractivity contribution >= 4 is 5.91 Å². The number of hydrogen-bond acceptors (Lipinski definition) is 2. The van der Waals surface area contributed by atoms with Crippen molar-refractivity contribution in [1.82, 2.24) is 10.2 Å². The number of nitrogens with one attached hydrogen (secondary N) is 1. The second kappa shape index (κ2) is 5.67. The first kappa shape index (κ1) is 14.4. The summed E-state index contributed by atoms with van der Waals surface area (Å²) in [4.78, 5) is 15.0. The number of rotatable bonds is 5. The highest BCUT2D eigenvalue weighted by Gasteiger charge is 2.44. The third-order valence-electron chi connectivity index (χ3n) is 6.17. The van der Waals surface area contributed by atoms with Gasteiger partial charge in [-0.2, -0.15) is 0 Å². The third-order valence-corrected chi connectivity index (χ3v) is 6.17. The average Bonchev–Trinajstić information content (AvgIpc) is 3.14. The van der Waals surface area contributed by atoms with Gasteiger partial charge in [0.1, 0.15) is 0 Å². The van der Waals surface area contributed by atoms with E-state index in [2.05, 4.69) is 17.1 Å². The van der Waals surface area contributed by atoms with Gasteiger partial charge in [-0.1, -0.05) is 19.8 Å². The van der Waals surface area contributed by atoms with Crippen molar-refractivity contribution in [3.63, 3.8) is 0 Å². The molecule has 3 rings (SSSR count). The summed E-state index contributed by atoms with van der Waals surface area (Å²) in [6.45, 7) is 5.10. The summed E-state index contributed by atoms with van der Waals surface area (Å²) in [6.07, 6.45) is 8.85. The van der Waals surface area contributed by atoms with E-state index < -0.39 is 0 Å². The molecule has 3 heteroatoms. The summed E-state index contributed by atoms with van der Waals surface area (Å²) in [5, 5.41) is 3.41. The van der Waals surface area contributed by atoms with Gasteiger partial charge < -0.3 is 10.2 Å². The molecule has 0 aromatic carbocycles. The van der Waals surface area contributed by atoms with Crippen molar-refractivity contribution in [2.45, 2.75) is 51.9 Å². The standard InChI is InChI=1S/C17H30N2O/c1-3-6-17(7-8-18-12-17)16(20)19(2)11-15-10-13-4-5-14(15)9-13/h13-15,18H,3-12H2,1-2H3. The molecule has 1 saturated heterocycles. The number of nitrogens with zero attached hydrogens (tertiary/aromatic N) is 1. The van der Waals surface area contributed by atoms with Crippen molar-refractivity contribution < 1.29 is 4.79 Å². The molecule has 2 bridgehead atoms. The molecule has 0 aromatic rings. The number of fused-ring (bicyclic) bond motifs is 2. The lowest BCUT2D eigenvalue weighted by molar-refractivity contribution is -0.141. The Kier molecular flexibility index (Phi) is 4.07. The van der Waals surface area contributed by atoms with Gasteiger partial charge in [-0.3, -0.25) is 4.79 Å². The fourth-order valence-corrected chi connectivity index (χ4v) is 5.16. The molecule has 1 amide bonds. The second-order valence-electron chi connectivity index (χ2n) is 7.58. The summed E-state index contributed by atoms with van der Waals surface area (Å²) in [5.74, 6) is 3.09. The Bertz CT molecular complexity index is 362. The predicted molar refractivity (Wildman–Crippen MR) is 81.4 cm³/mol. The van der Waals surface area contributed by atoms with Gasteiger partial charge in [0, 0.05) is 20.1 Å². The van der Waals surface area contributed by atoms with Crippen molar-refractivity contribution in [2.24, 2.45) is 23.2 Å². The highest BCUT2D eigenvalue weighted by molar-refractivity contribution is 5.83. The molecule has 3 nitrogen and oxygen atoms in total. The topological polar surface area (TPSA) is 32.3 Å². The summed E-state index contributed by atoms with van der Waals surface area (Å²) < 4.78 is 0. The largest absolute Gasteiger partial charge is 0.345 e. The van der Waals surface area contributed by atoms with E-state index in [-0.39, 0.29) is 5.41 Å². The van der Waals surface area contributed by atoms with E-state index in [4.69, 9.17) is 0 Å². The Labute approximate surface area is 123 Å². The highest BCUT2D eigenvalue weighted by atomic mass is 16.2. The summed E-state index contributed by atoms with van der Waals surface area (Å²) >= 11 is 0. The van der Waals surface area contributed by atoms with Crippen molar-refractivity contribution in [1.29, 1.82) is 0 Å². The minimum atomic E-state index is -0.0961. The van der Waals surface area contributed by atoms with E-state index in [1.165, 1.54) is 25.7 Å². The zero-order valence-corrected chi connectivity index (χ0v) is 13.2. The zero-order valence-electron chi connectivity index (χ0n) is 13.2. The first-order chi connectivity index (χ1) is 9.64. The van der Waals surface area contributed by atoms with Gasteiger partial charge in [0.05, 0.1) is 5.41 Å². The number of amides is 1. The minimum Gasteiger partial charge on any atom is -0.345 e. The Morgan fingerprint density at radius 3 is 2.75 bits per heavy atom. The van der Waals surface area contributed by atoms with Gasteiger partial charge in [-0.05, 0) is 56.4 Å². The molecule has 4 atom stereocenters. The molecule has 2 aliphatic carbocycles. The summed E-state index contributed by atoms with van der Waals surface area (Å²) in [5.41, 5.74) is -0.0961. The summed E-state index contributed by atoms with van der Waals surface area (Å²) in [6, 6.07) is 0. The Balaban J connectivity index is 1.61. The minimum absolute atomic E-state index is 0.0961. The predicted octanol–water partition coefficient (Wildman–Crippen LogP) is 2.66. The molecule has 1 heterocycles. The molecule has 1 N–H and O–H groups in total. The average molecular weight is 278 g/mol. The SMILES string of the molecule is CCCC1(C(=O)N(C)CC2CC3CCC2C3)CCNC1. The monoisotopic (exact) mass is 278 g/mol. The maximum Gasteiger partial charge on any atom is 0.229 e. The lowest BCUT2D eigenvalue weighted by atomic mass is 9.80. The van der Waals surface area contributed by atoms with Crippen molar-refractivity contribution in [3.8, 4) is 0 Å². The zero-order chi connectivity index (χ0) is 14.2. The Morgan fingerprint density at radius 2 is 2.20 bits per heavy atom. The van der Waals surface area contributed by atoms with E-state index in [0.29, 0.717) is 5.91 Å². The van der Waals surface area contributed by atoms with Crippen LogP contribution < -0.4 is 5.32 Å². The molecular weight excluding hydrogens is 248 g/mol. The van der Waals surface area contributed by atoms with Gasteiger partial charge in [0.15, 0.2) is 0 Å². The van der Waals surface area contributed by atoms with Crippen LogP contribution in [0.25, 0.3) is 0 Å². The normalized spacial score (nSPS) is 39.4. The van der Waals surface area contributed by atoms with Crippen molar-refractivity contribution in [3.05, 3.63) is 0 Å². The number of hydrogen-bond donors (Lipinski definition) is 1. The van der Waals surface area contributed by atoms with Crippen LogP contribution in [0.3, 0.4) is 0 Å². The molecule has 0 aromatic heterocycles.